The third kappa shape index (κ3) is 4.57. The number of carbonyl (C=O) groups is 1. The van der Waals surface area contributed by atoms with E-state index in [9.17, 15) is 13.2 Å². The number of hydrogen-bond acceptors (Lipinski definition) is 7. The molecule has 0 unspecified atom stereocenters. The van der Waals surface area contributed by atoms with Crippen molar-refractivity contribution in [3.63, 3.8) is 0 Å². The number of ether oxygens (including phenoxy) is 1. The zero-order valence-corrected chi connectivity index (χ0v) is 14.5. The lowest BCUT2D eigenvalue weighted by Gasteiger charge is -2.14. The van der Waals surface area contributed by atoms with Gasteiger partial charge in [0.05, 0.1) is 6.10 Å². The van der Waals surface area contributed by atoms with Crippen LogP contribution in [0, 0.1) is 0 Å². The lowest BCUT2D eigenvalue weighted by molar-refractivity contribution is -0.148. The molecule has 0 aliphatic rings. The molecule has 2 rings (SSSR count). The standard InChI is InChI=1S/C14H17N3O4S2/c1-9(2)21-13(18)10(3)17-23(19,20)14-15-12(16-22-14)11-7-5-4-6-8-11/h4-10,17H,1-3H3/t10-/m0/s1. The minimum absolute atomic E-state index is 0.194. The van der Waals surface area contributed by atoms with E-state index in [1.807, 2.05) is 18.2 Å². The lowest BCUT2D eigenvalue weighted by atomic mass is 10.2. The van der Waals surface area contributed by atoms with Gasteiger partial charge >= 0.3 is 5.97 Å². The van der Waals surface area contributed by atoms with Crippen molar-refractivity contribution in [3.05, 3.63) is 30.3 Å². The fourth-order valence-electron chi connectivity index (χ4n) is 1.69. The smallest absolute Gasteiger partial charge is 0.324 e. The molecule has 0 aliphatic heterocycles. The summed E-state index contributed by atoms with van der Waals surface area (Å²) in [6.07, 6.45) is -0.319. The van der Waals surface area contributed by atoms with Gasteiger partial charge in [-0.05, 0) is 32.3 Å². The molecule has 0 spiro atoms. The zero-order chi connectivity index (χ0) is 17.0. The Kier molecular flexibility index (Phi) is 5.45. The summed E-state index contributed by atoms with van der Waals surface area (Å²) >= 11 is 0.755. The first-order chi connectivity index (χ1) is 10.8. The summed E-state index contributed by atoms with van der Waals surface area (Å²) < 4.78 is 35.6. The molecular weight excluding hydrogens is 338 g/mol. The molecule has 7 nitrogen and oxygen atoms in total. The van der Waals surface area contributed by atoms with Crippen LogP contribution in [0.1, 0.15) is 20.8 Å². The molecule has 0 fully saturated rings. The molecule has 1 aromatic carbocycles. The summed E-state index contributed by atoms with van der Waals surface area (Å²) in [7, 11) is -3.93. The molecule has 0 bridgehead atoms. The molecule has 2 aromatic rings. The Morgan fingerprint density at radius 2 is 1.87 bits per heavy atom. The van der Waals surface area contributed by atoms with Gasteiger partial charge in [0.15, 0.2) is 5.82 Å². The van der Waals surface area contributed by atoms with Crippen molar-refractivity contribution in [1.29, 1.82) is 0 Å². The number of nitrogens with one attached hydrogen (secondary N) is 1. The zero-order valence-electron chi connectivity index (χ0n) is 12.9. The molecule has 0 amide bonds. The van der Waals surface area contributed by atoms with E-state index in [1.54, 1.807) is 26.0 Å². The van der Waals surface area contributed by atoms with Crippen molar-refractivity contribution in [2.24, 2.45) is 0 Å². The predicted molar refractivity (Wildman–Crippen MR) is 86.4 cm³/mol. The number of sulfonamides is 1. The van der Waals surface area contributed by atoms with Crippen molar-refractivity contribution in [2.45, 2.75) is 37.3 Å². The monoisotopic (exact) mass is 355 g/mol. The fourth-order valence-corrected chi connectivity index (χ4v) is 3.64. The van der Waals surface area contributed by atoms with Crippen molar-refractivity contribution in [1.82, 2.24) is 14.1 Å². The highest BCUT2D eigenvalue weighted by Crippen LogP contribution is 2.20. The number of benzene rings is 1. The van der Waals surface area contributed by atoms with Gasteiger partial charge in [-0.15, -0.1) is 0 Å². The van der Waals surface area contributed by atoms with Crippen LogP contribution < -0.4 is 4.72 Å². The Bertz CT molecular complexity index is 772. The van der Waals surface area contributed by atoms with Crippen molar-refractivity contribution in [2.75, 3.05) is 0 Å². The number of nitrogens with zero attached hydrogens (tertiary/aromatic N) is 2. The van der Waals surface area contributed by atoms with Crippen molar-refractivity contribution < 1.29 is 17.9 Å². The second kappa shape index (κ2) is 7.16. The minimum Gasteiger partial charge on any atom is -0.462 e. The van der Waals surface area contributed by atoms with Gasteiger partial charge in [0.25, 0.3) is 10.0 Å². The summed E-state index contributed by atoms with van der Waals surface area (Å²) in [5.41, 5.74) is 0.720. The molecule has 1 N–H and O–H groups in total. The van der Waals surface area contributed by atoms with E-state index in [0.29, 0.717) is 5.82 Å². The number of carbonyl (C=O) groups excluding carboxylic acids is 1. The molecule has 124 valence electrons. The van der Waals surface area contributed by atoms with Gasteiger partial charge in [-0.25, -0.2) is 13.4 Å². The largest absolute Gasteiger partial charge is 0.462 e. The van der Waals surface area contributed by atoms with Crippen molar-refractivity contribution in [3.8, 4) is 11.4 Å². The summed E-state index contributed by atoms with van der Waals surface area (Å²) in [5, 5.41) is 0. The first-order valence-corrected chi connectivity index (χ1v) is 9.17. The molecule has 0 aliphatic carbocycles. The highest BCUT2D eigenvalue weighted by molar-refractivity contribution is 7.91. The van der Waals surface area contributed by atoms with Crippen LogP contribution in [-0.4, -0.2) is 35.9 Å². The van der Waals surface area contributed by atoms with Crippen LogP contribution in [0.2, 0.25) is 0 Å². The molecule has 0 radical (unpaired) electrons. The summed E-state index contributed by atoms with van der Waals surface area (Å²) in [6, 6.07) is 8.03. The quantitative estimate of drug-likeness (QED) is 0.794. The van der Waals surface area contributed by atoms with E-state index in [2.05, 4.69) is 14.1 Å². The Balaban J connectivity index is 2.14. The fraction of sp³-hybridized carbons (Fsp3) is 0.357. The maximum absolute atomic E-state index is 12.3. The third-order valence-electron chi connectivity index (χ3n) is 2.71. The molecule has 9 heteroatoms. The van der Waals surface area contributed by atoms with Gasteiger partial charge in [-0.3, -0.25) is 4.79 Å². The normalized spacial score (nSPS) is 13.0. The highest BCUT2D eigenvalue weighted by atomic mass is 32.2. The van der Waals surface area contributed by atoms with Crippen LogP contribution in [0.5, 0.6) is 0 Å². The molecule has 1 aromatic heterocycles. The second-order valence-electron chi connectivity index (χ2n) is 5.08. The van der Waals surface area contributed by atoms with Crippen LogP contribution in [0.4, 0.5) is 0 Å². The summed E-state index contributed by atoms with van der Waals surface area (Å²) in [6.45, 7) is 4.80. The van der Waals surface area contributed by atoms with Gasteiger partial charge in [-0.1, -0.05) is 30.3 Å². The van der Waals surface area contributed by atoms with Crippen LogP contribution in [-0.2, 0) is 19.6 Å². The van der Waals surface area contributed by atoms with E-state index in [1.165, 1.54) is 6.92 Å². The van der Waals surface area contributed by atoms with Crippen LogP contribution >= 0.6 is 11.5 Å². The first-order valence-electron chi connectivity index (χ1n) is 6.91. The highest BCUT2D eigenvalue weighted by Gasteiger charge is 2.27. The summed E-state index contributed by atoms with van der Waals surface area (Å²) in [4.78, 5) is 15.7. The number of hydrogen-bond donors (Lipinski definition) is 1. The lowest BCUT2D eigenvalue weighted by Crippen LogP contribution is -2.40. The van der Waals surface area contributed by atoms with Gasteiger partial charge in [0.2, 0.25) is 4.34 Å². The van der Waals surface area contributed by atoms with E-state index in [-0.39, 0.29) is 10.4 Å². The number of rotatable bonds is 6. The topological polar surface area (TPSA) is 98.2 Å². The second-order valence-corrected chi connectivity index (χ2v) is 7.72. The third-order valence-corrected chi connectivity index (χ3v) is 5.32. The number of esters is 1. The van der Waals surface area contributed by atoms with E-state index < -0.39 is 22.0 Å². The SMILES string of the molecule is CC(C)OC(=O)[C@H](C)NS(=O)(=O)c1nc(-c2ccccc2)ns1. The van der Waals surface area contributed by atoms with Crippen LogP contribution in [0.3, 0.4) is 0 Å². The molecule has 0 saturated carbocycles. The Hall–Kier alpha value is -1.84. The average Bonchev–Trinajstić information content (AvgIpc) is 2.97. The Labute approximate surface area is 138 Å². The minimum atomic E-state index is -3.93. The van der Waals surface area contributed by atoms with E-state index in [4.69, 9.17) is 4.74 Å². The molecule has 1 atom stereocenters. The molecule has 1 heterocycles. The first kappa shape index (κ1) is 17.5. The maximum Gasteiger partial charge on any atom is 0.324 e. The van der Waals surface area contributed by atoms with Crippen molar-refractivity contribution >= 4 is 27.5 Å². The predicted octanol–water partition coefficient (Wildman–Crippen LogP) is 1.82. The molecule has 0 saturated heterocycles. The Morgan fingerprint density at radius 3 is 2.48 bits per heavy atom. The maximum atomic E-state index is 12.3. The molecular formula is C14H17N3O4S2. The average molecular weight is 355 g/mol. The number of aromatic nitrogens is 2. The van der Waals surface area contributed by atoms with Crippen LogP contribution in [0.15, 0.2) is 34.7 Å². The van der Waals surface area contributed by atoms with E-state index >= 15 is 0 Å². The van der Waals surface area contributed by atoms with E-state index in [0.717, 1.165) is 17.1 Å². The van der Waals surface area contributed by atoms with Gasteiger partial charge in [0, 0.05) is 5.56 Å². The summed E-state index contributed by atoms with van der Waals surface area (Å²) in [5.74, 6) is -0.315. The van der Waals surface area contributed by atoms with Gasteiger partial charge in [0.1, 0.15) is 6.04 Å². The molecule has 23 heavy (non-hydrogen) atoms. The Morgan fingerprint density at radius 1 is 1.22 bits per heavy atom. The van der Waals surface area contributed by atoms with Gasteiger partial charge in [-0.2, -0.15) is 9.10 Å². The van der Waals surface area contributed by atoms with Gasteiger partial charge < -0.3 is 4.74 Å². The van der Waals surface area contributed by atoms with Crippen LogP contribution in [0.25, 0.3) is 11.4 Å².